The number of nitrogens with one attached hydrogen (secondary N) is 2. The molecule has 1 saturated heterocycles. The van der Waals surface area contributed by atoms with E-state index in [9.17, 15) is 19.5 Å². The summed E-state index contributed by atoms with van der Waals surface area (Å²) in [6.45, 7) is 17.3. The fourth-order valence-electron chi connectivity index (χ4n) is 4.90. The van der Waals surface area contributed by atoms with E-state index < -0.39 is 41.0 Å². The number of aryl methyl sites for hydroxylation is 2. The average Bonchev–Trinajstić information content (AvgIpc) is 3.40. The summed E-state index contributed by atoms with van der Waals surface area (Å²) >= 11 is 1.70. The third kappa shape index (κ3) is 5.62. The molecule has 3 N–H and O–H groups in total. The van der Waals surface area contributed by atoms with Gasteiger partial charge in [0.2, 0.25) is 11.8 Å². The maximum atomic E-state index is 13.7. The Bertz CT molecular complexity index is 1280. The minimum Gasteiger partial charge on any atom is -0.391 e. The van der Waals surface area contributed by atoms with Crippen LogP contribution in [-0.4, -0.2) is 58.0 Å². The van der Waals surface area contributed by atoms with Gasteiger partial charge in [-0.3, -0.25) is 19.2 Å². The van der Waals surface area contributed by atoms with Crippen molar-refractivity contribution in [1.82, 2.24) is 15.5 Å². The normalized spacial score (nSPS) is 20.9. The first-order chi connectivity index (χ1) is 17.9. The number of rotatable bonds is 7. The Morgan fingerprint density at radius 3 is 2.47 bits per heavy atom. The third-order valence-corrected chi connectivity index (χ3v) is 8.60. The summed E-state index contributed by atoms with van der Waals surface area (Å²) < 4.78 is 0. The molecule has 8 nitrogen and oxygen atoms in total. The predicted molar refractivity (Wildman–Crippen MR) is 147 cm³/mol. The lowest BCUT2D eigenvalue weighted by atomic mass is 9.85. The van der Waals surface area contributed by atoms with Crippen molar-refractivity contribution < 1.29 is 19.5 Å². The number of thiophene rings is 1. The fourth-order valence-corrected chi connectivity index (χ4v) is 5.82. The van der Waals surface area contributed by atoms with E-state index in [1.54, 1.807) is 11.3 Å². The molecule has 2 aromatic rings. The lowest BCUT2D eigenvalue weighted by Gasteiger charge is -2.35. The first-order valence-electron chi connectivity index (χ1n) is 13.0. The number of nitrogens with zero attached hydrogens (tertiary/aromatic N) is 2. The van der Waals surface area contributed by atoms with Gasteiger partial charge in [-0.2, -0.15) is 0 Å². The SMILES string of the molecule is [C-]#[N+]C1(C(=O)N[C@H](C(=O)N2C[C@H](O)C[C@H]2C(=O)NCc2ccc(-c3sccc3C)cc2C)C(C)(C)C)CC1. The van der Waals surface area contributed by atoms with E-state index in [-0.39, 0.29) is 18.9 Å². The van der Waals surface area contributed by atoms with Gasteiger partial charge in [0, 0.05) is 37.2 Å². The summed E-state index contributed by atoms with van der Waals surface area (Å²) in [5.41, 5.74) is 2.66. The predicted octanol–water partition coefficient (Wildman–Crippen LogP) is 3.59. The first-order valence-corrected chi connectivity index (χ1v) is 13.8. The number of β-amino-alcohol motifs (C(OH)–C–C–N with tert-alkyl or cyclic N) is 1. The second kappa shape index (κ2) is 10.5. The number of aliphatic hydroxyl groups excluding tert-OH is 1. The van der Waals surface area contributed by atoms with E-state index in [1.807, 2.05) is 33.8 Å². The van der Waals surface area contributed by atoms with Crippen molar-refractivity contribution in [3.63, 3.8) is 0 Å². The third-order valence-electron chi connectivity index (χ3n) is 7.53. The molecule has 2 fully saturated rings. The van der Waals surface area contributed by atoms with Crippen LogP contribution in [0, 0.1) is 25.8 Å². The standard InChI is InChI=1S/C29H36N4O4S/c1-17-9-12-38-23(17)19-7-8-20(18(2)13-19)15-31-25(35)22-14-21(34)16-33(22)26(36)24(28(3,4)5)32-27(37)29(30-6)10-11-29/h7-9,12-13,21-22,24,34H,10-11,14-16H2,1-5H3,(H,31,35)(H,32,37)/t21-,22+,24-/m1/s1. The molecule has 3 amide bonds. The van der Waals surface area contributed by atoms with Crippen LogP contribution in [0.2, 0.25) is 0 Å². The van der Waals surface area contributed by atoms with Gasteiger partial charge in [-0.25, -0.2) is 6.57 Å². The van der Waals surface area contributed by atoms with Gasteiger partial charge in [0.1, 0.15) is 12.1 Å². The quantitative estimate of drug-likeness (QED) is 0.471. The number of carbonyl (C=O) groups excluding carboxylic acids is 3. The van der Waals surface area contributed by atoms with Crippen LogP contribution in [0.1, 0.15) is 56.7 Å². The van der Waals surface area contributed by atoms with Crippen molar-refractivity contribution in [1.29, 1.82) is 0 Å². The number of amides is 3. The van der Waals surface area contributed by atoms with Crippen LogP contribution in [0.15, 0.2) is 29.6 Å². The van der Waals surface area contributed by atoms with Gasteiger partial charge in [0.05, 0.1) is 6.10 Å². The molecule has 1 saturated carbocycles. The lowest BCUT2D eigenvalue weighted by molar-refractivity contribution is -0.144. The van der Waals surface area contributed by atoms with Gasteiger partial charge in [-0.1, -0.05) is 39.0 Å². The van der Waals surface area contributed by atoms with Crippen LogP contribution in [0.5, 0.6) is 0 Å². The highest BCUT2D eigenvalue weighted by molar-refractivity contribution is 7.13. The average molecular weight is 537 g/mol. The van der Waals surface area contributed by atoms with Crippen LogP contribution in [-0.2, 0) is 20.9 Å². The van der Waals surface area contributed by atoms with Gasteiger partial charge < -0.3 is 20.6 Å². The molecule has 1 aliphatic heterocycles. The molecule has 202 valence electrons. The first kappa shape index (κ1) is 27.8. The second-order valence-electron chi connectivity index (χ2n) is 11.6. The van der Waals surface area contributed by atoms with Gasteiger partial charge in [-0.15, -0.1) is 11.3 Å². The molecule has 2 aliphatic rings. The highest BCUT2D eigenvalue weighted by Gasteiger charge is 2.59. The zero-order valence-electron chi connectivity index (χ0n) is 22.6. The summed E-state index contributed by atoms with van der Waals surface area (Å²) in [6.07, 6.45) is 0.255. The number of aliphatic hydroxyl groups is 1. The number of hydrogen-bond donors (Lipinski definition) is 3. The molecule has 0 bridgehead atoms. The zero-order valence-corrected chi connectivity index (χ0v) is 23.4. The maximum Gasteiger partial charge on any atom is 0.309 e. The fraction of sp³-hybridized carbons (Fsp3) is 0.517. The summed E-state index contributed by atoms with van der Waals surface area (Å²) in [5, 5.41) is 18.2. The molecule has 0 unspecified atom stereocenters. The minimum absolute atomic E-state index is 0.0151. The molecule has 0 radical (unpaired) electrons. The Morgan fingerprint density at radius 2 is 1.92 bits per heavy atom. The highest BCUT2D eigenvalue weighted by atomic mass is 32.1. The molecule has 9 heteroatoms. The molecule has 1 aliphatic carbocycles. The number of likely N-dealkylation sites (tertiary alicyclic amines) is 1. The van der Waals surface area contributed by atoms with Gasteiger partial charge >= 0.3 is 11.4 Å². The molecule has 1 aromatic carbocycles. The molecule has 4 rings (SSSR count). The Kier molecular flexibility index (Phi) is 7.69. The molecule has 3 atom stereocenters. The van der Waals surface area contributed by atoms with Gasteiger partial charge in [0.15, 0.2) is 0 Å². The van der Waals surface area contributed by atoms with Crippen LogP contribution >= 0.6 is 11.3 Å². The second-order valence-corrected chi connectivity index (χ2v) is 12.5. The zero-order chi connectivity index (χ0) is 27.8. The van der Waals surface area contributed by atoms with Crippen LogP contribution in [0.4, 0.5) is 0 Å². The summed E-state index contributed by atoms with van der Waals surface area (Å²) in [5.74, 6) is -1.21. The minimum atomic E-state index is -1.08. The molecular formula is C29H36N4O4S. The number of benzene rings is 1. The van der Waals surface area contributed by atoms with Crippen molar-refractivity contribution in [2.45, 2.75) is 84.2 Å². The van der Waals surface area contributed by atoms with Gasteiger partial charge in [0.25, 0.3) is 0 Å². The number of hydrogen-bond acceptors (Lipinski definition) is 5. The molecule has 1 aromatic heterocycles. The Labute approximate surface area is 228 Å². The Balaban J connectivity index is 1.45. The summed E-state index contributed by atoms with van der Waals surface area (Å²) in [4.78, 5) is 45.8. The van der Waals surface area contributed by atoms with E-state index in [2.05, 4.69) is 46.0 Å². The van der Waals surface area contributed by atoms with Crippen molar-refractivity contribution in [2.75, 3.05) is 6.54 Å². The van der Waals surface area contributed by atoms with Crippen molar-refractivity contribution in [2.24, 2.45) is 5.41 Å². The van der Waals surface area contributed by atoms with Crippen molar-refractivity contribution in [3.8, 4) is 10.4 Å². The van der Waals surface area contributed by atoms with E-state index >= 15 is 0 Å². The molecule has 0 spiro atoms. The van der Waals surface area contributed by atoms with Crippen LogP contribution < -0.4 is 10.6 Å². The van der Waals surface area contributed by atoms with Crippen LogP contribution in [0.3, 0.4) is 0 Å². The van der Waals surface area contributed by atoms with Crippen molar-refractivity contribution in [3.05, 3.63) is 57.8 Å². The van der Waals surface area contributed by atoms with Crippen LogP contribution in [0.25, 0.3) is 15.3 Å². The largest absolute Gasteiger partial charge is 0.391 e. The lowest BCUT2D eigenvalue weighted by Crippen LogP contribution is -2.59. The summed E-state index contributed by atoms with van der Waals surface area (Å²) in [7, 11) is 0. The smallest absolute Gasteiger partial charge is 0.309 e. The molecule has 38 heavy (non-hydrogen) atoms. The topological polar surface area (TPSA) is 103 Å². The van der Waals surface area contributed by atoms with E-state index in [0.29, 0.717) is 19.4 Å². The monoisotopic (exact) mass is 536 g/mol. The Hall–Kier alpha value is -3.22. The van der Waals surface area contributed by atoms with E-state index in [4.69, 9.17) is 6.57 Å². The van der Waals surface area contributed by atoms with E-state index in [0.717, 1.165) is 16.7 Å². The van der Waals surface area contributed by atoms with E-state index in [1.165, 1.54) is 15.3 Å². The summed E-state index contributed by atoms with van der Waals surface area (Å²) in [6, 6.07) is 6.49. The maximum absolute atomic E-state index is 13.7. The van der Waals surface area contributed by atoms with Gasteiger partial charge in [-0.05, 0) is 53.0 Å². The highest BCUT2D eigenvalue weighted by Crippen LogP contribution is 2.40. The Morgan fingerprint density at radius 1 is 1.21 bits per heavy atom. The molecule has 2 heterocycles. The van der Waals surface area contributed by atoms with Crippen molar-refractivity contribution >= 4 is 29.1 Å². The molecular weight excluding hydrogens is 500 g/mol. The number of carbonyl (C=O) groups is 3.